The average molecular weight is 1410 g/mol. The van der Waals surface area contributed by atoms with Gasteiger partial charge in [0, 0.05) is 85.1 Å². The molecule has 0 bridgehead atoms. The Morgan fingerprint density at radius 2 is 0.837 bits per heavy atom. The summed E-state index contributed by atoms with van der Waals surface area (Å²) in [5.41, 5.74) is 2.00. The molecule has 5 fully saturated rings. The first kappa shape index (κ1) is 127. The van der Waals surface area contributed by atoms with Crippen LogP contribution >= 0.6 is 0 Å². The SMILES string of the molecule is C.C.C.C.C.C.C.C.C.CC(C)(C)CN1C[N+](C)(C)C1.CC(C)CC1CN(C)C1.CC(C)CN1CC(C)C1.CC(C)CN1CN(C)C1.CC(C)CN1COC1.CN(C)CC#CCC(C)(C)C.CN(C)CC(C)(C)C.CN(C)CN(C)CC(C)(C)C.CN(C)COCN(C)CC(C)(C)C. The normalized spacial score (nSPS) is 16.2. The summed E-state index contributed by atoms with van der Waals surface area (Å²) in [6.07, 6.45) is 2.41. The molecule has 0 saturated carbocycles. The van der Waals surface area contributed by atoms with Crippen molar-refractivity contribution < 1.29 is 14.0 Å². The summed E-state index contributed by atoms with van der Waals surface area (Å²) < 4.78 is 11.6. The number of nitrogens with zero attached hydrogens (tertiary/aromatic N) is 13. The third-order valence-corrected chi connectivity index (χ3v) is 12.9. The molecule has 0 radical (unpaired) electrons. The maximum atomic E-state index is 5.45. The lowest BCUT2D eigenvalue weighted by molar-refractivity contribution is -0.962. The summed E-state index contributed by atoms with van der Waals surface area (Å²) in [5.74, 6) is 11.6. The van der Waals surface area contributed by atoms with Gasteiger partial charge in [-0.3, -0.25) is 39.2 Å². The van der Waals surface area contributed by atoms with Gasteiger partial charge in [0.05, 0.1) is 34.0 Å². The lowest BCUT2D eigenvalue weighted by atomic mass is 9.91. The van der Waals surface area contributed by atoms with Gasteiger partial charge in [0.25, 0.3) is 0 Å². The second-order valence-corrected chi connectivity index (χ2v) is 37.2. The predicted octanol–water partition coefficient (Wildman–Crippen LogP) is 18.5. The van der Waals surface area contributed by atoms with Gasteiger partial charge in [-0.25, -0.2) is 4.90 Å². The highest BCUT2D eigenvalue weighted by Crippen LogP contribution is 2.23. The van der Waals surface area contributed by atoms with Gasteiger partial charge < -0.3 is 28.7 Å². The van der Waals surface area contributed by atoms with Crippen molar-refractivity contribution in [3.05, 3.63) is 0 Å². The molecule has 5 aliphatic heterocycles. The van der Waals surface area contributed by atoms with E-state index in [4.69, 9.17) is 9.47 Å². The third kappa shape index (κ3) is 97.0. The molecule has 0 aromatic rings. The molecule has 5 rings (SSSR count). The summed E-state index contributed by atoms with van der Waals surface area (Å²) in [7, 11) is 29.6. The van der Waals surface area contributed by atoms with E-state index in [-0.39, 0.29) is 66.8 Å². The monoisotopic (exact) mass is 1410 g/mol. The van der Waals surface area contributed by atoms with E-state index in [9.17, 15) is 0 Å². The summed E-state index contributed by atoms with van der Waals surface area (Å²) in [6.45, 7) is 77.6. The second-order valence-electron chi connectivity index (χ2n) is 37.2. The topological polar surface area (TPSA) is 57.3 Å². The highest BCUT2D eigenvalue weighted by atomic mass is 16.5. The van der Waals surface area contributed by atoms with Crippen LogP contribution in [-0.2, 0) is 9.47 Å². The second kappa shape index (κ2) is 64.4. The highest BCUT2D eigenvalue weighted by molar-refractivity contribution is 5.02. The Balaban J connectivity index is -0.0000000748. The van der Waals surface area contributed by atoms with Crippen LogP contribution in [0.2, 0.25) is 0 Å². The summed E-state index contributed by atoms with van der Waals surface area (Å²) in [6, 6.07) is 0. The fourth-order valence-corrected chi connectivity index (χ4v) is 11.1. The van der Waals surface area contributed by atoms with Gasteiger partial charge in [-0.1, -0.05) is 239 Å². The van der Waals surface area contributed by atoms with E-state index in [1.807, 2.05) is 33.1 Å². The Kier molecular flexibility index (Phi) is 83.2. The number of likely N-dealkylation sites (tertiary alicyclic amines) is 2. The highest BCUT2D eigenvalue weighted by Gasteiger charge is 2.36. The standard InChI is InChI=1S/C10H24N2O.C10H19N.C9H21N2.C9H22N2.2C8H17N.C7H16N2.C7H17N.C6H13NO.9CH4/c1-10(2,3)7-12(6)9-13-8-11(4)5;1-10(2,3)8-6-7-9-11(4)5;1-9(2,3)6-10-7-11(4,5)8-10;1-9(2,3)7-11(6)8-10(4)5;1-7(2)4-8-5-9(3)6-8;2*1-7(2)4-9-5-8(3)6-9;1-7(2,3)6-8(4)5;1-6(2)3-7-4-8-5-7;;;;;;;;;/h7-9H2,1-6H3;8-9H2,1-5H3;6-8H2,1-5H3;7-8H2,1-6H3;2*7-8H,4-6H2,1-3H3;7H,4-6H2,1-3H3;6H2,1-5H3;6H,3-5H2,1-2H3;9*1H4/q;;+1;;;;;;;;;;;;;;;. The molecule has 5 heterocycles. The Morgan fingerprint density at radius 3 is 1.09 bits per heavy atom. The van der Waals surface area contributed by atoms with Crippen LogP contribution in [0, 0.1) is 74.4 Å². The number of hydrogen-bond acceptors (Lipinski definition) is 14. The number of rotatable bonds is 19. The first-order chi connectivity index (χ1) is 40.1. The minimum absolute atomic E-state index is 0. The maximum Gasteiger partial charge on any atom is 0.140 e. The molecule has 0 aliphatic carbocycles. The Labute approximate surface area is 627 Å². The van der Waals surface area contributed by atoms with Crippen molar-refractivity contribution in [3.8, 4) is 11.8 Å². The predicted molar refractivity (Wildman–Crippen MR) is 457 cm³/mol. The van der Waals surface area contributed by atoms with Crippen LogP contribution in [-0.4, -0.2) is 301 Å². The van der Waals surface area contributed by atoms with Crippen molar-refractivity contribution in [1.29, 1.82) is 0 Å². The van der Waals surface area contributed by atoms with E-state index in [2.05, 4.69) is 302 Å². The molecule has 98 heavy (non-hydrogen) atoms. The molecule has 5 aliphatic rings. The molecule has 0 unspecified atom stereocenters. The van der Waals surface area contributed by atoms with Crippen molar-refractivity contribution in [2.24, 2.45) is 62.6 Å². The average Bonchev–Trinajstić information content (AvgIpc) is 3.22. The largest absolute Gasteiger partial charge is 0.351 e. The maximum absolute atomic E-state index is 5.45. The van der Waals surface area contributed by atoms with Crippen molar-refractivity contribution in [2.75, 3.05) is 237 Å². The molecule has 0 spiro atoms. The van der Waals surface area contributed by atoms with Crippen molar-refractivity contribution in [1.82, 2.24) is 58.8 Å². The molecule has 0 aromatic carbocycles. The molecule has 15 heteroatoms. The zero-order chi connectivity index (χ0) is 70.5. The smallest absolute Gasteiger partial charge is 0.140 e. The van der Waals surface area contributed by atoms with Crippen LogP contribution in [0.5, 0.6) is 0 Å². The summed E-state index contributed by atoms with van der Waals surface area (Å²) in [5, 5.41) is 0. The molecule has 0 amide bonds. The Morgan fingerprint density at radius 1 is 0.439 bits per heavy atom. The van der Waals surface area contributed by atoms with Gasteiger partial charge in [-0.15, -0.1) is 5.92 Å². The molecular formula is C83H202N13O2+. The lowest BCUT2D eigenvalue weighted by Crippen LogP contribution is -2.65. The van der Waals surface area contributed by atoms with Crippen LogP contribution < -0.4 is 0 Å². The molecule has 5 saturated heterocycles. The molecule has 0 N–H and O–H groups in total. The van der Waals surface area contributed by atoms with Crippen molar-refractivity contribution in [2.45, 2.75) is 246 Å². The summed E-state index contributed by atoms with van der Waals surface area (Å²) in [4.78, 5) is 27.5. The van der Waals surface area contributed by atoms with Crippen LogP contribution in [0.3, 0.4) is 0 Å². The van der Waals surface area contributed by atoms with Gasteiger partial charge in [-0.05, 0) is 154 Å². The van der Waals surface area contributed by atoms with Gasteiger partial charge in [0.2, 0.25) is 0 Å². The minimum Gasteiger partial charge on any atom is -0.351 e. The van der Waals surface area contributed by atoms with E-state index in [0.717, 1.165) is 106 Å². The summed E-state index contributed by atoms with van der Waals surface area (Å²) >= 11 is 0. The van der Waals surface area contributed by atoms with E-state index >= 15 is 0 Å². The molecule has 610 valence electrons. The Bertz CT molecular complexity index is 1610. The van der Waals surface area contributed by atoms with Gasteiger partial charge in [0.15, 0.2) is 0 Å². The zero-order valence-electron chi connectivity index (χ0n) is 67.9. The minimum atomic E-state index is 0. The van der Waals surface area contributed by atoms with E-state index < -0.39 is 0 Å². The van der Waals surface area contributed by atoms with E-state index in [0.29, 0.717) is 40.5 Å². The van der Waals surface area contributed by atoms with Crippen LogP contribution in [0.25, 0.3) is 0 Å². The van der Waals surface area contributed by atoms with Crippen molar-refractivity contribution in [3.63, 3.8) is 0 Å². The molecule has 0 atom stereocenters. The van der Waals surface area contributed by atoms with E-state index in [1.54, 1.807) is 0 Å². The first-order valence-corrected chi connectivity index (χ1v) is 34.7. The van der Waals surface area contributed by atoms with Crippen LogP contribution in [0.1, 0.15) is 246 Å². The fraction of sp³-hybridized carbons (Fsp3) is 0.976. The zero-order valence-corrected chi connectivity index (χ0v) is 67.9. The van der Waals surface area contributed by atoms with Gasteiger partial charge >= 0.3 is 0 Å². The van der Waals surface area contributed by atoms with E-state index in [1.165, 1.54) is 72.1 Å². The molecule has 0 aromatic heterocycles. The fourth-order valence-electron chi connectivity index (χ4n) is 11.1. The quantitative estimate of drug-likeness (QED) is 0.0701. The first-order valence-electron chi connectivity index (χ1n) is 34.7. The van der Waals surface area contributed by atoms with Crippen molar-refractivity contribution >= 4 is 0 Å². The van der Waals surface area contributed by atoms with Gasteiger partial charge in [-0.2, -0.15) is 0 Å². The number of quaternary nitrogens is 1. The van der Waals surface area contributed by atoms with Crippen LogP contribution in [0.15, 0.2) is 0 Å². The van der Waals surface area contributed by atoms with Gasteiger partial charge in [0.1, 0.15) is 40.3 Å². The molecular weight excluding hydrogens is 1210 g/mol. The molecule has 15 nitrogen and oxygen atoms in total. The van der Waals surface area contributed by atoms with Crippen LogP contribution in [0.4, 0.5) is 0 Å². The third-order valence-electron chi connectivity index (χ3n) is 12.9. The lowest BCUT2D eigenvalue weighted by Gasteiger charge is -2.48. The Hall–Kier alpha value is -1.04. The number of hydrogen-bond donors (Lipinski definition) is 0. The number of ether oxygens (including phenoxy) is 2.